The van der Waals surface area contributed by atoms with Gasteiger partial charge in [-0.25, -0.2) is 0 Å². The van der Waals surface area contributed by atoms with Crippen molar-refractivity contribution in [3.05, 3.63) is 30.2 Å². The van der Waals surface area contributed by atoms with Crippen LogP contribution in [0.1, 0.15) is 18.6 Å². The number of amides is 1. The number of furan rings is 1. The molecule has 0 bridgehead atoms. The second-order valence-electron chi connectivity index (χ2n) is 4.92. The number of rotatable bonds is 3. The van der Waals surface area contributed by atoms with Gasteiger partial charge in [0, 0.05) is 6.08 Å². The third-order valence-corrected chi connectivity index (χ3v) is 3.51. The Morgan fingerprint density at radius 3 is 2.88 bits per heavy atom. The molecule has 1 saturated heterocycles. The summed E-state index contributed by atoms with van der Waals surface area (Å²) < 4.78 is 5.10. The standard InChI is InChI=1S/C13H15NO3/c15-12(6-5-11-2-1-7-17-11)14-8-13(16,9-14)10-3-4-10/h1-2,5-7,10,16H,3-4,8-9H2. The van der Waals surface area contributed by atoms with Gasteiger partial charge in [-0.3, -0.25) is 4.79 Å². The summed E-state index contributed by atoms with van der Waals surface area (Å²) in [5.41, 5.74) is -0.603. The van der Waals surface area contributed by atoms with Gasteiger partial charge in [-0.15, -0.1) is 0 Å². The molecule has 1 aromatic heterocycles. The SMILES string of the molecule is O=C(C=Cc1ccco1)N1CC(O)(C2CC2)C1. The zero-order valence-corrected chi connectivity index (χ0v) is 9.50. The molecule has 2 aliphatic rings. The molecule has 0 radical (unpaired) electrons. The monoisotopic (exact) mass is 233 g/mol. The van der Waals surface area contributed by atoms with Crippen molar-refractivity contribution in [1.82, 2.24) is 4.90 Å². The highest BCUT2D eigenvalue weighted by molar-refractivity contribution is 5.92. The molecule has 1 N–H and O–H groups in total. The van der Waals surface area contributed by atoms with E-state index >= 15 is 0 Å². The van der Waals surface area contributed by atoms with Gasteiger partial charge in [0.1, 0.15) is 11.4 Å². The van der Waals surface area contributed by atoms with Gasteiger partial charge < -0.3 is 14.4 Å². The number of carbonyl (C=O) groups is 1. The van der Waals surface area contributed by atoms with Gasteiger partial charge in [0.05, 0.1) is 19.4 Å². The van der Waals surface area contributed by atoms with E-state index in [2.05, 4.69) is 0 Å². The first-order valence-corrected chi connectivity index (χ1v) is 5.90. The summed E-state index contributed by atoms with van der Waals surface area (Å²) in [6.07, 6.45) is 6.91. The van der Waals surface area contributed by atoms with E-state index in [1.807, 2.05) is 0 Å². The fraction of sp³-hybridized carbons (Fsp3) is 0.462. The number of hydrogen-bond donors (Lipinski definition) is 1. The van der Waals surface area contributed by atoms with Crippen molar-refractivity contribution in [3.8, 4) is 0 Å². The molecule has 1 amide bonds. The molecule has 0 unspecified atom stereocenters. The maximum Gasteiger partial charge on any atom is 0.246 e. The highest BCUT2D eigenvalue weighted by Crippen LogP contribution is 2.44. The number of hydrogen-bond acceptors (Lipinski definition) is 3. The van der Waals surface area contributed by atoms with Crippen LogP contribution >= 0.6 is 0 Å². The third kappa shape index (κ3) is 2.00. The van der Waals surface area contributed by atoms with Crippen molar-refractivity contribution in [2.24, 2.45) is 5.92 Å². The van der Waals surface area contributed by atoms with Crippen LogP contribution in [0.15, 0.2) is 28.9 Å². The summed E-state index contributed by atoms with van der Waals surface area (Å²) >= 11 is 0. The van der Waals surface area contributed by atoms with Gasteiger partial charge >= 0.3 is 0 Å². The Kier molecular flexibility index (Phi) is 2.33. The van der Waals surface area contributed by atoms with E-state index in [1.54, 1.807) is 29.4 Å². The Balaban J connectivity index is 1.55. The molecule has 0 aromatic carbocycles. The summed E-state index contributed by atoms with van der Waals surface area (Å²) in [6, 6.07) is 3.57. The number of nitrogens with zero attached hydrogens (tertiary/aromatic N) is 1. The topological polar surface area (TPSA) is 53.7 Å². The van der Waals surface area contributed by atoms with Gasteiger partial charge in [0.15, 0.2) is 0 Å². The number of aliphatic hydroxyl groups is 1. The maximum atomic E-state index is 11.7. The minimum Gasteiger partial charge on any atom is -0.465 e. The van der Waals surface area contributed by atoms with Crippen LogP contribution in [0, 0.1) is 5.92 Å². The minimum atomic E-state index is -0.603. The quantitative estimate of drug-likeness (QED) is 0.800. The lowest BCUT2D eigenvalue weighted by molar-refractivity contribution is -0.154. The van der Waals surface area contributed by atoms with Crippen molar-refractivity contribution in [1.29, 1.82) is 0 Å². The van der Waals surface area contributed by atoms with Crippen LogP contribution in [-0.2, 0) is 4.79 Å². The first-order chi connectivity index (χ1) is 8.17. The molecule has 1 aliphatic carbocycles. The van der Waals surface area contributed by atoms with Gasteiger partial charge in [0.2, 0.25) is 5.91 Å². The number of likely N-dealkylation sites (tertiary alicyclic amines) is 1. The molecule has 17 heavy (non-hydrogen) atoms. The minimum absolute atomic E-state index is 0.0632. The van der Waals surface area contributed by atoms with E-state index in [1.165, 1.54) is 6.08 Å². The molecule has 4 nitrogen and oxygen atoms in total. The van der Waals surface area contributed by atoms with Gasteiger partial charge in [-0.2, -0.15) is 0 Å². The molecule has 4 heteroatoms. The molecule has 90 valence electrons. The van der Waals surface area contributed by atoms with Crippen molar-refractivity contribution in [2.45, 2.75) is 18.4 Å². The summed E-state index contributed by atoms with van der Waals surface area (Å²) in [5, 5.41) is 10.1. The Morgan fingerprint density at radius 2 is 2.29 bits per heavy atom. The smallest absolute Gasteiger partial charge is 0.246 e. The van der Waals surface area contributed by atoms with E-state index in [9.17, 15) is 9.90 Å². The summed E-state index contributed by atoms with van der Waals surface area (Å²) in [4.78, 5) is 13.4. The van der Waals surface area contributed by atoms with Crippen molar-refractivity contribution in [2.75, 3.05) is 13.1 Å². The molecule has 1 saturated carbocycles. The van der Waals surface area contributed by atoms with E-state index in [0.29, 0.717) is 24.8 Å². The van der Waals surface area contributed by atoms with Gasteiger partial charge in [0.25, 0.3) is 0 Å². The molecular weight excluding hydrogens is 218 g/mol. The average Bonchev–Trinajstić information content (AvgIpc) is 3.00. The first-order valence-electron chi connectivity index (χ1n) is 5.90. The molecule has 2 heterocycles. The van der Waals surface area contributed by atoms with Crippen LogP contribution in [-0.4, -0.2) is 34.6 Å². The third-order valence-electron chi connectivity index (χ3n) is 3.51. The second-order valence-corrected chi connectivity index (χ2v) is 4.92. The molecule has 2 fully saturated rings. The van der Waals surface area contributed by atoms with E-state index < -0.39 is 5.60 Å². The van der Waals surface area contributed by atoms with Gasteiger partial charge in [-0.05, 0) is 37.0 Å². The second kappa shape index (κ2) is 3.74. The van der Waals surface area contributed by atoms with Crippen LogP contribution in [0.5, 0.6) is 0 Å². The Bertz CT molecular complexity index is 439. The van der Waals surface area contributed by atoms with Crippen molar-refractivity contribution in [3.63, 3.8) is 0 Å². The van der Waals surface area contributed by atoms with Crippen LogP contribution in [0.2, 0.25) is 0 Å². The predicted octanol–water partition coefficient (Wildman–Crippen LogP) is 1.28. The summed E-state index contributed by atoms with van der Waals surface area (Å²) in [6.45, 7) is 0.942. The van der Waals surface area contributed by atoms with Gasteiger partial charge in [-0.1, -0.05) is 0 Å². The van der Waals surface area contributed by atoms with Crippen molar-refractivity contribution < 1.29 is 14.3 Å². The average molecular weight is 233 g/mol. The lowest BCUT2D eigenvalue weighted by Gasteiger charge is -2.46. The largest absolute Gasteiger partial charge is 0.465 e. The van der Waals surface area contributed by atoms with Crippen LogP contribution in [0.3, 0.4) is 0 Å². The van der Waals surface area contributed by atoms with E-state index in [4.69, 9.17) is 4.42 Å². The molecule has 1 aromatic rings. The zero-order chi connectivity index (χ0) is 11.9. The normalized spacial score (nSPS) is 22.8. The van der Waals surface area contributed by atoms with E-state index in [0.717, 1.165) is 12.8 Å². The van der Waals surface area contributed by atoms with Crippen LogP contribution < -0.4 is 0 Å². The van der Waals surface area contributed by atoms with Crippen LogP contribution in [0.4, 0.5) is 0 Å². The van der Waals surface area contributed by atoms with E-state index in [-0.39, 0.29) is 5.91 Å². The molecule has 1 aliphatic heterocycles. The highest BCUT2D eigenvalue weighted by atomic mass is 16.3. The molecular formula is C13H15NO3. The zero-order valence-electron chi connectivity index (χ0n) is 9.50. The van der Waals surface area contributed by atoms with Crippen LogP contribution in [0.25, 0.3) is 6.08 Å². The first kappa shape index (κ1) is 10.6. The summed E-state index contributed by atoms with van der Waals surface area (Å²) in [7, 11) is 0. The lowest BCUT2D eigenvalue weighted by atomic mass is 9.88. The predicted molar refractivity (Wildman–Crippen MR) is 62.0 cm³/mol. The Labute approximate surface area is 99.5 Å². The lowest BCUT2D eigenvalue weighted by Crippen LogP contribution is -2.64. The Hall–Kier alpha value is -1.55. The molecule has 0 atom stereocenters. The maximum absolute atomic E-state index is 11.7. The highest BCUT2D eigenvalue weighted by Gasteiger charge is 2.52. The fourth-order valence-electron chi connectivity index (χ4n) is 2.29. The van der Waals surface area contributed by atoms with Crippen molar-refractivity contribution >= 4 is 12.0 Å². The summed E-state index contributed by atoms with van der Waals surface area (Å²) in [5.74, 6) is 1.02. The Morgan fingerprint density at radius 1 is 1.53 bits per heavy atom. The number of carbonyl (C=O) groups excluding carboxylic acids is 1. The molecule has 0 spiro atoms. The number of β-amino-alcohol motifs (C(OH)–C–C–N with tert-alkyl or cyclic N) is 1. The molecule has 3 rings (SSSR count). The fourth-order valence-corrected chi connectivity index (χ4v) is 2.29.